The number of nitrogens with zero attached hydrogens (tertiary/aromatic N) is 1. The first-order valence-electron chi connectivity index (χ1n) is 8.95. The SMILES string of the molecule is CCNC(=NCC1(c2cccc(Cl)c2)CC1)NCCCCC(=O)OC. The van der Waals surface area contributed by atoms with Gasteiger partial charge < -0.3 is 15.4 Å². The molecule has 0 atom stereocenters. The Kier molecular flexibility index (Phi) is 7.56. The van der Waals surface area contributed by atoms with Gasteiger partial charge in [0.15, 0.2) is 5.96 Å². The summed E-state index contributed by atoms with van der Waals surface area (Å²) in [6.45, 7) is 4.41. The van der Waals surface area contributed by atoms with Crippen molar-refractivity contribution in [3.63, 3.8) is 0 Å². The van der Waals surface area contributed by atoms with Crippen molar-refractivity contribution in [1.82, 2.24) is 10.6 Å². The van der Waals surface area contributed by atoms with Gasteiger partial charge in [-0.05, 0) is 50.3 Å². The van der Waals surface area contributed by atoms with Crippen LogP contribution < -0.4 is 10.6 Å². The van der Waals surface area contributed by atoms with Gasteiger partial charge in [0.2, 0.25) is 0 Å². The molecular formula is C19H28ClN3O2. The Morgan fingerprint density at radius 3 is 2.76 bits per heavy atom. The maximum atomic E-state index is 11.1. The highest BCUT2D eigenvalue weighted by molar-refractivity contribution is 6.30. The van der Waals surface area contributed by atoms with Crippen LogP contribution in [0.3, 0.4) is 0 Å². The van der Waals surface area contributed by atoms with Crippen molar-refractivity contribution in [3.8, 4) is 0 Å². The van der Waals surface area contributed by atoms with E-state index in [1.807, 2.05) is 12.1 Å². The number of guanidine groups is 1. The predicted octanol–water partition coefficient (Wildman–Crippen LogP) is 3.27. The molecule has 1 aromatic rings. The number of aliphatic imine (C=N–C) groups is 1. The molecule has 2 rings (SSSR count). The van der Waals surface area contributed by atoms with Crippen molar-refractivity contribution >= 4 is 23.5 Å². The Hall–Kier alpha value is -1.75. The molecule has 6 heteroatoms. The quantitative estimate of drug-likeness (QED) is 0.305. The van der Waals surface area contributed by atoms with E-state index in [1.54, 1.807) is 0 Å². The molecule has 1 aromatic carbocycles. The van der Waals surface area contributed by atoms with Crippen LogP contribution in [0.2, 0.25) is 5.02 Å². The van der Waals surface area contributed by atoms with Crippen LogP contribution in [0.5, 0.6) is 0 Å². The largest absolute Gasteiger partial charge is 0.469 e. The van der Waals surface area contributed by atoms with Crippen LogP contribution in [-0.4, -0.2) is 38.7 Å². The Balaban J connectivity index is 1.84. The van der Waals surface area contributed by atoms with E-state index >= 15 is 0 Å². The fourth-order valence-electron chi connectivity index (χ4n) is 2.78. The molecule has 5 nitrogen and oxygen atoms in total. The number of carbonyl (C=O) groups is 1. The van der Waals surface area contributed by atoms with Gasteiger partial charge in [-0.3, -0.25) is 9.79 Å². The molecule has 2 N–H and O–H groups in total. The van der Waals surface area contributed by atoms with Crippen LogP contribution in [0.4, 0.5) is 0 Å². The molecule has 0 amide bonds. The van der Waals surface area contributed by atoms with Crippen molar-refractivity contribution in [2.75, 3.05) is 26.7 Å². The molecule has 0 radical (unpaired) electrons. The standard InChI is InChI=1S/C19H28ClN3O2/c1-3-21-18(22-12-5-4-9-17(24)25-2)23-14-19(10-11-19)15-7-6-8-16(20)13-15/h6-8,13H,3-5,9-12,14H2,1-2H3,(H2,21,22,23). The fourth-order valence-corrected chi connectivity index (χ4v) is 2.97. The summed E-state index contributed by atoms with van der Waals surface area (Å²) >= 11 is 6.13. The summed E-state index contributed by atoms with van der Waals surface area (Å²) in [6, 6.07) is 8.11. The van der Waals surface area contributed by atoms with Gasteiger partial charge in [0.25, 0.3) is 0 Å². The third-order valence-corrected chi connectivity index (χ3v) is 4.74. The lowest BCUT2D eigenvalue weighted by atomic mass is 9.96. The zero-order valence-corrected chi connectivity index (χ0v) is 15.9. The topological polar surface area (TPSA) is 62.7 Å². The summed E-state index contributed by atoms with van der Waals surface area (Å²) in [5.74, 6) is 0.673. The molecule has 0 aromatic heterocycles. The van der Waals surface area contributed by atoms with E-state index in [2.05, 4.69) is 34.4 Å². The number of ether oxygens (including phenoxy) is 1. The Morgan fingerprint density at radius 2 is 2.12 bits per heavy atom. The van der Waals surface area contributed by atoms with Crippen molar-refractivity contribution in [2.45, 2.75) is 44.4 Å². The third kappa shape index (κ3) is 6.24. The smallest absolute Gasteiger partial charge is 0.305 e. The molecular weight excluding hydrogens is 338 g/mol. The number of hydrogen-bond donors (Lipinski definition) is 2. The minimum Gasteiger partial charge on any atom is -0.469 e. The number of benzene rings is 1. The zero-order valence-electron chi connectivity index (χ0n) is 15.1. The summed E-state index contributed by atoms with van der Waals surface area (Å²) in [5, 5.41) is 7.40. The van der Waals surface area contributed by atoms with Gasteiger partial charge >= 0.3 is 5.97 Å². The maximum absolute atomic E-state index is 11.1. The Labute approximate surface area is 155 Å². The second-order valence-electron chi connectivity index (χ2n) is 6.45. The normalized spacial score (nSPS) is 15.6. The number of esters is 1. The van der Waals surface area contributed by atoms with Crippen molar-refractivity contribution in [1.29, 1.82) is 0 Å². The molecule has 1 saturated carbocycles. The first-order valence-corrected chi connectivity index (χ1v) is 9.32. The van der Waals surface area contributed by atoms with Crippen molar-refractivity contribution in [3.05, 3.63) is 34.9 Å². The number of nitrogens with one attached hydrogen (secondary N) is 2. The van der Waals surface area contributed by atoms with Crippen LogP contribution in [0.25, 0.3) is 0 Å². The van der Waals surface area contributed by atoms with E-state index in [9.17, 15) is 4.79 Å². The lowest BCUT2D eigenvalue weighted by Gasteiger charge is -2.16. The summed E-state index contributed by atoms with van der Waals surface area (Å²) in [7, 11) is 1.42. The van der Waals surface area contributed by atoms with Crippen LogP contribution in [0.1, 0.15) is 44.6 Å². The van der Waals surface area contributed by atoms with Crippen LogP contribution >= 0.6 is 11.6 Å². The molecule has 0 saturated heterocycles. The number of unbranched alkanes of at least 4 members (excludes halogenated alkanes) is 1. The Bertz CT molecular complexity index is 600. The molecule has 0 heterocycles. The van der Waals surface area contributed by atoms with E-state index in [1.165, 1.54) is 12.7 Å². The highest BCUT2D eigenvalue weighted by atomic mass is 35.5. The predicted molar refractivity (Wildman–Crippen MR) is 102 cm³/mol. The molecule has 0 bridgehead atoms. The summed E-state index contributed by atoms with van der Waals surface area (Å²) in [6.07, 6.45) is 4.47. The van der Waals surface area contributed by atoms with E-state index in [-0.39, 0.29) is 11.4 Å². The molecule has 1 fully saturated rings. The average Bonchev–Trinajstić information content (AvgIpc) is 3.40. The second kappa shape index (κ2) is 9.66. The van der Waals surface area contributed by atoms with Gasteiger partial charge in [-0.2, -0.15) is 0 Å². The molecule has 0 unspecified atom stereocenters. The van der Waals surface area contributed by atoms with Gasteiger partial charge in [-0.15, -0.1) is 0 Å². The van der Waals surface area contributed by atoms with Gasteiger partial charge in [0.05, 0.1) is 13.7 Å². The minimum atomic E-state index is -0.155. The number of rotatable bonds is 9. The number of methoxy groups -OCH3 is 1. The molecule has 25 heavy (non-hydrogen) atoms. The summed E-state index contributed by atoms with van der Waals surface area (Å²) < 4.78 is 4.65. The van der Waals surface area contributed by atoms with Crippen LogP contribution in [0, 0.1) is 0 Å². The molecule has 0 spiro atoms. The van der Waals surface area contributed by atoms with Gasteiger partial charge in [-0.25, -0.2) is 0 Å². The first kappa shape index (κ1) is 19.6. The van der Waals surface area contributed by atoms with Gasteiger partial charge in [0.1, 0.15) is 0 Å². The maximum Gasteiger partial charge on any atom is 0.305 e. The van der Waals surface area contributed by atoms with Crippen molar-refractivity contribution < 1.29 is 9.53 Å². The van der Waals surface area contributed by atoms with Crippen molar-refractivity contribution in [2.24, 2.45) is 4.99 Å². The minimum absolute atomic E-state index is 0.137. The number of carbonyl (C=O) groups excluding carboxylic acids is 1. The molecule has 1 aliphatic carbocycles. The number of halogens is 1. The van der Waals surface area contributed by atoms with E-state index in [4.69, 9.17) is 16.6 Å². The second-order valence-corrected chi connectivity index (χ2v) is 6.88. The Morgan fingerprint density at radius 1 is 1.32 bits per heavy atom. The lowest BCUT2D eigenvalue weighted by Crippen LogP contribution is -2.38. The van der Waals surface area contributed by atoms with Crippen LogP contribution in [-0.2, 0) is 14.9 Å². The zero-order chi connectivity index (χ0) is 18.1. The van der Waals surface area contributed by atoms with Gasteiger partial charge in [0, 0.05) is 29.9 Å². The fraction of sp³-hybridized carbons (Fsp3) is 0.579. The van der Waals surface area contributed by atoms with Gasteiger partial charge in [-0.1, -0.05) is 23.7 Å². The monoisotopic (exact) mass is 365 g/mol. The first-order chi connectivity index (χ1) is 12.1. The third-order valence-electron chi connectivity index (χ3n) is 4.50. The lowest BCUT2D eigenvalue weighted by molar-refractivity contribution is -0.140. The average molecular weight is 366 g/mol. The summed E-state index contributed by atoms with van der Waals surface area (Å²) in [4.78, 5) is 15.9. The van der Waals surface area contributed by atoms with E-state index in [0.29, 0.717) is 6.42 Å². The highest BCUT2D eigenvalue weighted by Gasteiger charge is 2.44. The van der Waals surface area contributed by atoms with E-state index in [0.717, 1.165) is 56.3 Å². The van der Waals surface area contributed by atoms with E-state index < -0.39 is 0 Å². The molecule has 1 aliphatic rings. The molecule has 138 valence electrons. The number of hydrogen-bond acceptors (Lipinski definition) is 3. The molecule has 0 aliphatic heterocycles. The highest BCUT2D eigenvalue weighted by Crippen LogP contribution is 2.48. The summed E-state index contributed by atoms with van der Waals surface area (Å²) in [5.41, 5.74) is 1.41. The van der Waals surface area contributed by atoms with Crippen LogP contribution in [0.15, 0.2) is 29.3 Å².